The topological polar surface area (TPSA) is 55.4 Å². The lowest BCUT2D eigenvalue weighted by Crippen LogP contribution is -2.26. The number of rotatable bonds is 6. The summed E-state index contributed by atoms with van der Waals surface area (Å²) in [6.45, 7) is 0.460. The molecule has 5 heteroatoms. The van der Waals surface area contributed by atoms with E-state index in [0.29, 0.717) is 5.56 Å². The molecule has 1 N–H and O–H groups in total. The smallest absolute Gasteiger partial charge is 0.307 e. The zero-order valence-corrected chi connectivity index (χ0v) is 10.1. The van der Waals surface area contributed by atoms with Gasteiger partial charge in [-0.25, -0.2) is 0 Å². The second-order valence-electron chi connectivity index (χ2n) is 3.28. The average molecular weight is 256 g/mol. The Morgan fingerprint density at radius 2 is 1.94 bits per heavy atom. The van der Waals surface area contributed by atoms with Crippen LogP contribution >= 0.6 is 11.6 Å². The standard InChI is InChI=1S/C12H14ClNO3/c13-7-9-17-11(15)6-8-14-12(16)10-4-2-1-3-5-10/h1-5H,6-9H2,(H,14,16). The first kappa shape index (κ1) is 13.5. The number of hydrogen-bond acceptors (Lipinski definition) is 3. The zero-order valence-electron chi connectivity index (χ0n) is 9.32. The first-order valence-electron chi connectivity index (χ1n) is 5.29. The van der Waals surface area contributed by atoms with Crippen LogP contribution < -0.4 is 5.32 Å². The van der Waals surface area contributed by atoms with Crippen LogP contribution in [0.4, 0.5) is 0 Å². The summed E-state index contributed by atoms with van der Waals surface area (Å²) in [7, 11) is 0. The summed E-state index contributed by atoms with van der Waals surface area (Å²) < 4.78 is 4.76. The Labute approximate surface area is 105 Å². The Morgan fingerprint density at radius 3 is 2.59 bits per heavy atom. The first-order chi connectivity index (χ1) is 8.24. The number of esters is 1. The van der Waals surface area contributed by atoms with Gasteiger partial charge in [0, 0.05) is 12.1 Å². The molecule has 1 rings (SSSR count). The van der Waals surface area contributed by atoms with Crippen molar-refractivity contribution in [1.29, 1.82) is 0 Å². The second-order valence-corrected chi connectivity index (χ2v) is 3.66. The van der Waals surface area contributed by atoms with E-state index in [0.717, 1.165) is 0 Å². The molecular formula is C12H14ClNO3. The van der Waals surface area contributed by atoms with Crippen LogP contribution in [-0.4, -0.2) is 30.9 Å². The summed E-state index contributed by atoms with van der Waals surface area (Å²) >= 11 is 5.36. The van der Waals surface area contributed by atoms with Gasteiger partial charge in [-0.3, -0.25) is 9.59 Å². The third kappa shape index (κ3) is 5.36. The highest BCUT2D eigenvalue weighted by Gasteiger charge is 2.06. The fourth-order valence-corrected chi connectivity index (χ4v) is 1.27. The van der Waals surface area contributed by atoms with Gasteiger partial charge in [-0.15, -0.1) is 11.6 Å². The lowest BCUT2D eigenvalue weighted by molar-refractivity contribution is -0.142. The van der Waals surface area contributed by atoms with Gasteiger partial charge in [0.15, 0.2) is 0 Å². The number of halogens is 1. The summed E-state index contributed by atoms with van der Waals surface area (Å²) in [6, 6.07) is 8.82. The predicted octanol–water partition coefficient (Wildman–Crippen LogP) is 1.59. The minimum atomic E-state index is -0.362. The SMILES string of the molecule is O=C(CCNC(=O)c1ccccc1)OCCCl. The molecule has 0 aliphatic heterocycles. The maximum absolute atomic E-state index is 11.6. The molecule has 0 heterocycles. The fourth-order valence-electron chi connectivity index (χ4n) is 1.19. The van der Waals surface area contributed by atoms with Crippen molar-refractivity contribution < 1.29 is 14.3 Å². The number of carbonyl (C=O) groups excluding carboxylic acids is 2. The van der Waals surface area contributed by atoms with E-state index >= 15 is 0 Å². The third-order valence-electron chi connectivity index (χ3n) is 1.99. The molecule has 4 nitrogen and oxygen atoms in total. The molecule has 0 saturated heterocycles. The number of hydrogen-bond donors (Lipinski definition) is 1. The Hall–Kier alpha value is -1.55. The van der Waals surface area contributed by atoms with Gasteiger partial charge in [-0.2, -0.15) is 0 Å². The lowest BCUT2D eigenvalue weighted by atomic mass is 10.2. The molecule has 0 aromatic heterocycles. The van der Waals surface area contributed by atoms with Crippen LogP contribution in [-0.2, 0) is 9.53 Å². The number of ether oxygens (including phenoxy) is 1. The van der Waals surface area contributed by atoms with Crippen molar-refractivity contribution in [3.63, 3.8) is 0 Å². The van der Waals surface area contributed by atoms with E-state index in [1.807, 2.05) is 6.07 Å². The summed E-state index contributed by atoms with van der Waals surface area (Å²) in [5.41, 5.74) is 0.571. The van der Waals surface area contributed by atoms with Crippen LogP contribution in [0.25, 0.3) is 0 Å². The van der Waals surface area contributed by atoms with Crippen molar-refractivity contribution in [2.24, 2.45) is 0 Å². The van der Waals surface area contributed by atoms with Gasteiger partial charge >= 0.3 is 5.97 Å². The summed E-state index contributed by atoms with van der Waals surface area (Å²) in [5, 5.41) is 2.63. The molecular weight excluding hydrogens is 242 g/mol. The molecule has 0 unspecified atom stereocenters. The largest absolute Gasteiger partial charge is 0.464 e. The molecule has 1 aromatic rings. The van der Waals surface area contributed by atoms with E-state index in [-0.39, 0.29) is 37.3 Å². The number of carbonyl (C=O) groups is 2. The molecule has 0 bridgehead atoms. The molecule has 0 fully saturated rings. The van der Waals surface area contributed by atoms with Crippen LogP contribution in [0.15, 0.2) is 30.3 Å². The summed E-state index contributed by atoms with van der Waals surface area (Å²) in [6.07, 6.45) is 0.148. The fraction of sp³-hybridized carbons (Fsp3) is 0.333. The molecule has 0 aliphatic carbocycles. The third-order valence-corrected chi connectivity index (χ3v) is 2.15. The highest BCUT2D eigenvalue weighted by Crippen LogP contribution is 1.97. The minimum absolute atomic E-state index is 0.148. The van der Waals surface area contributed by atoms with Crippen molar-refractivity contribution in [3.05, 3.63) is 35.9 Å². The van der Waals surface area contributed by atoms with E-state index < -0.39 is 0 Å². The quantitative estimate of drug-likeness (QED) is 0.620. The van der Waals surface area contributed by atoms with Crippen molar-refractivity contribution in [2.75, 3.05) is 19.0 Å². The number of nitrogens with one attached hydrogen (secondary N) is 1. The Kier molecular flexibility index (Phi) is 6.10. The lowest BCUT2D eigenvalue weighted by Gasteiger charge is -2.05. The van der Waals surface area contributed by atoms with Gasteiger partial charge in [0.1, 0.15) is 6.61 Å². The van der Waals surface area contributed by atoms with Gasteiger partial charge in [0.05, 0.1) is 12.3 Å². The molecule has 0 atom stereocenters. The molecule has 1 aromatic carbocycles. The Morgan fingerprint density at radius 1 is 1.24 bits per heavy atom. The average Bonchev–Trinajstić information content (AvgIpc) is 2.37. The zero-order chi connectivity index (χ0) is 12.5. The maximum atomic E-state index is 11.6. The predicted molar refractivity (Wildman–Crippen MR) is 65.1 cm³/mol. The van der Waals surface area contributed by atoms with E-state index in [4.69, 9.17) is 16.3 Å². The van der Waals surface area contributed by atoms with Gasteiger partial charge in [-0.1, -0.05) is 18.2 Å². The highest BCUT2D eigenvalue weighted by atomic mass is 35.5. The van der Waals surface area contributed by atoms with Crippen LogP contribution in [0.1, 0.15) is 16.8 Å². The van der Waals surface area contributed by atoms with E-state index in [1.165, 1.54) is 0 Å². The van der Waals surface area contributed by atoms with Crippen LogP contribution in [0.3, 0.4) is 0 Å². The minimum Gasteiger partial charge on any atom is -0.464 e. The molecule has 92 valence electrons. The normalized spacial score (nSPS) is 9.71. The van der Waals surface area contributed by atoms with Gasteiger partial charge in [0.25, 0.3) is 5.91 Å². The van der Waals surface area contributed by atoms with E-state index in [2.05, 4.69) is 5.32 Å². The molecule has 0 aliphatic rings. The van der Waals surface area contributed by atoms with Crippen molar-refractivity contribution in [2.45, 2.75) is 6.42 Å². The van der Waals surface area contributed by atoms with Gasteiger partial charge < -0.3 is 10.1 Å². The molecule has 1 amide bonds. The van der Waals surface area contributed by atoms with Gasteiger partial charge in [0.2, 0.25) is 0 Å². The van der Waals surface area contributed by atoms with Crippen molar-refractivity contribution in [3.8, 4) is 0 Å². The first-order valence-corrected chi connectivity index (χ1v) is 5.82. The maximum Gasteiger partial charge on any atom is 0.307 e. The van der Waals surface area contributed by atoms with Gasteiger partial charge in [-0.05, 0) is 12.1 Å². The van der Waals surface area contributed by atoms with Crippen molar-refractivity contribution >= 4 is 23.5 Å². The number of amides is 1. The van der Waals surface area contributed by atoms with E-state index in [9.17, 15) is 9.59 Å². The molecule has 0 spiro atoms. The van der Waals surface area contributed by atoms with E-state index in [1.54, 1.807) is 24.3 Å². The molecule has 17 heavy (non-hydrogen) atoms. The second kappa shape index (κ2) is 7.68. The Balaban J connectivity index is 2.23. The molecule has 0 saturated carbocycles. The van der Waals surface area contributed by atoms with Crippen LogP contribution in [0.2, 0.25) is 0 Å². The van der Waals surface area contributed by atoms with Crippen LogP contribution in [0.5, 0.6) is 0 Å². The van der Waals surface area contributed by atoms with Crippen LogP contribution in [0, 0.1) is 0 Å². The monoisotopic (exact) mass is 255 g/mol. The highest BCUT2D eigenvalue weighted by molar-refractivity contribution is 6.18. The summed E-state index contributed by atoms with van der Waals surface area (Å²) in [5.74, 6) is -0.281. The number of benzene rings is 1. The summed E-state index contributed by atoms with van der Waals surface area (Å²) in [4.78, 5) is 22.6. The molecule has 0 radical (unpaired) electrons. The Bertz CT molecular complexity index is 367. The number of alkyl halides is 1. The van der Waals surface area contributed by atoms with Crippen molar-refractivity contribution in [1.82, 2.24) is 5.32 Å².